The van der Waals surface area contributed by atoms with Crippen molar-refractivity contribution < 1.29 is 14.9 Å². The van der Waals surface area contributed by atoms with Crippen molar-refractivity contribution in [2.24, 2.45) is 0 Å². The van der Waals surface area contributed by atoms with E-state index in [1.807, 2.05) is 36.5 Å². The summed E-state index contributed by atoms with van der Waals surface area (Å²) in [5, 5.41) is 19.6. The molecule has 0 unspecified atom stereocenters. The predicted octanol–water partition coefficient (Wildman–Crippen LogP) is 3.12. The Morgan fingerprint density at radius 1 is 1.15 bits per heavy atom. The maximum atomic E-state index is 9.87. The average Bonchev–Trinajstić information content (AvgIpc) is 2.71. The van der Waals surface area contributed by atoms with Crippen LogP contribution in [0.15, 0.2) is 48.7 Å². The molecule has 0 saturated heterocycles. The molecule has 27 heavy (non-hydrogen) atoms. The molecule has 0 spiro atoms. The van der Waals surface area contributed by atoms with Gasteiger partial charge in [-0.05, 0) is 17.7 Å². The monoisotopic (exact) mass is 363 g/mol. The van der Waals surface area contributed by atoms with Gasteiger partial charge in [0.15, 0.2) is 17.3 Å². The summed E-state index contributed by atoms with van der Waals surface area (Å²) < 4.78 is 5.12. The molecule has 0 amide bonds. The Bertz CT molecular complexity index is 960. The Balaban J connectivity index is 1.51. The Labute approximate surface area is 157 Å². The molecule has 6 nitrogen and oxygen atoms in total. The molecule has 2 aromatic carbocycles. The van der Waals surface area contributed by atoms with E-state index < -0.39 is 0 Å². The molecule has 0 saturated carbocycles. The van der Waals surface area contributed by atoms with E-state index >= 15 is 0 Å². The lowest BCUT2D eigenvalue weighted by Crippen LogP contribution is -2.31. The molecule has 6 heteroatoms. The summed E-state index contributed by atoms with van der Waals surface area (Å²) >= 11 is 0. The maximum Gasteiger partial charge on any atom is 0.200 e. The van der Waals surface area contributed by atoms with Gasteiger partial charge in [-0.2, -0.15) is 0 Å². The lowest BCUT2D eigenvalue weighted by molar-refractivity contribution is 0.242. The van der Waals surface area contributed by atoms with Crippen molar-refractivity contribution in [2.45, 2.75) is 19.5 Å². The fraction of sp³-hybridized carbons (Fsp3) is 0.238. The first kappa shape index (κ1) is 17.3. The van der Waals surface area contributed by atoms with Crippen LogP contribution in [0.3, 0.4) is 0 Å². The second-order valence-electron chi connectivity index (χ2n) is 6.66. The van der Waals surface area contributed by atoms with Crippen LogP contribution in [0.2, 0.25) is 0 Å². The van der Waals surface area contributed by atoms with Gasteiger partial charge in [0.05, 0.1) is 12.8 Å². The number of methoxy groups -OCH3 is 1. The van der Waals surface area contributed by atoms with E-state index in [1.54, 1.807) is 12.1 Å². The molecule has 0 atom stereocenters. The number of hydrogen-bond acceptors (Lipinski definition) is 6. The van der Waals surface area contributed by atoms with Crippen molar-refractivity contribution in [2.75, 3.05) is 13.7 Å². The van der Waals surface area contributed by atoms with Crippen molar-refractivity contribution in [1.29, 1.82) is 0 Å². The molecule has 3 aromatic rings. The lowest BCUT2D eigenvalue weighted by atomic mass is 10.1. The molecule has 0 aliphatic carbocycles. The van der Waals surface area contributed by atoms with Crippen LogP contribution in [0, 0.1) is 0 Å². The SMILES string of the molecule is COc1cc(CN2CCc3nc(-c4ccccc4)ncc3C2)cc(O)c1O. The van der Waals surface area contributed by atoms with Gasteiger partial charge in [0, 0.05) is 43.4 Å². The van der Waals surface area contributed by atoms with Gasteiger partial charge in [-0.25, -0.2) is 9.97 Å². The van der Waals surface area contributed by atoms with Crippen LogP contribution in [-0.2, 0) is 19.5 Å². The van der Waals surface area contributed by atoms with Crippen LogP contribution >= 0.6 is 0 Å². The number of phenols is 2. The molecule has 0 bridgehead atoms. The Hall–Kier alpha value is -3.12. The highest BCUT2D eigenvalue weighted by Gasteiger charge is 2.20. The number of aromatic hydroxyl groups is 2. The van der Waals surface area contributed by atoms with E-state index in [9.17, 15) is 10.2 Å². The first-order chi connectivity index (χ1) is 13.1. The molecule has 1 aromatic heterocycles. The predicted molar refractivity (Wildman–Crippen MR) is 102 cm³/mol. The van der Waals surface area contributed by atoms with E-state index in [0.717, 1.165) is 47.7 Å². The number of rotatable bonds is 4. The fourth-order valence-electron chi connectivity index (χ4n) is 3.39. The van der Waals surface area contributed by atoms with Crippen molar-refractivity contribution in [3.05, 3.63) is 65.5 Å². The van der Waals surface area contributed by atoms with Crippen LogP contribution in [0.1, 0.15) is 16.8 Å². The molecule has 1 aliphatic rings. The van der Waals surface area contributed by atoms with Gasteiger partial charge in [0.1, 0.15) is 0 Å². The molecular weight excluding hydrogens is 342 g/mol. The van der Waals surface area contributed by atoms with Gasteiger partial charge in [-0.1, -0.05) is 30.3 Å². The molecule has 1 aliphatic heterocycles. The van der Waals surface area contributed by atoms with Gasteiger partial charge >= 0.3 is 0 Å². The number of benzene rings is 2. The van der Waals surface area contributed by atoms with E-state index in [4.69, 9.17) is 9.72 Å². The highest BCUT2D eigenvalue weighted by Crippen LogP contribution is 2.36. The van der Waals surface area contributed by atoms with Gasteiger partial charge < -0.3 is 14.9 Å². The van der Waals surface area contributed by atoms with E-state index in [2.05, 4.69) is 9.88 Å². The molecule has 2 heterocycles. The van der Waals surface area contributed by atoms with Crippen molar-refractivity contribution >= 4 is 0 Å². The summed E-state index contributed by atoms with van der Waals surface area (Å²) in [4.78, 5) is 11.5. The normalized spacial score (nSPS) is 14.0. The fourth-order valence-corrected chi connectivity index (χ4v) is 3.39. The third-order valence-electron chi connectivity index (χ3n) is 4.79. The van der Waals surface area contributed by atoms with Gasteiger partial charge in [0.25, 0.3) is 0 Å². The molecule has 0 radical (unpaired) electrons. The zero-order valence-electron chi connectivity index (χ0n) is 15.1. The largest absolute Gasteiger partial charge is 0.504 e. The molecule has 0 fully saturated rings. The number of hydrogen-bond donors (Lipinski definition) is 2. The van der Waals surface area contributed by atoms with Crippen molar-refractivity contribution in [3.8, 4) is 28.6 Å². The molecule has 2 N–H and O–H groups in total. The van der Waals surface area contributed by atoms with Crippen molar-refractivity contribution in [3.63, 3.8) is 0 Å². The molecular formula is C21H21N3O3. The van der Waals surface area contributed by atoms with E-state index in [-0.39, 0.29) is 17.2 Å². The first-order valence-electron chi connectivity index (χ1n) is 8.85. The second-order valence-corrected chi connectivity index (χ2v) is 6.66. The minimum Gasteiger partial charge on any atom is -0.504 e. The lowest BCUT2D eigenvalue weighted by Gasteiger charge is -2.28. The highest BCUT2D eigenvalue weighted by atomic mass is 16.5. The number of aromatic nitrogens is 2. The summed E-state index contributed by atoms with van der Waals surface area (Å²) in [6, 6.07) is 13.3. The average molecular weight is 363 g/mol. The van der Waals surface area contributed by atoms with E-state index in [0.29, 0.717) is 6.54 Å². The highest BCUT2D eigenvalue weighted by molar-refractivity contribution is 5.55. The minimum atomic E-state index is -0.230. The summed E-state index contributed by atoms with van der Waals surface area (Å²) in [6.07, 6.45) is 2.75. The van der Waals surface area contributed by atoms with Crippen LogP contribution in [0.5, 0.6) is 17.2 Å². The van der Waals surface area contributed by atoms with Gasteiger partial charge in [-0.15, -0.1) is 0 Å². The third-order valence-corrected chi connectivity index (χ3v) is 4.79. The van der Waals surface area contributed by atoms with Gasteiger partial charge in [0.2, 0.25) is 5.75 Å². The van der Waals surface area contributed by atoms with Crippen LogP contribution in [0.4, 0.5) is 0 Å². The Kier molecular flexibility index (Phi) is 4.64. The maximum absolute atomic E-state index is 9.87. The minimum absolute atomic E-state index is 0.169. The number of ether oxygens (including phenoxy) is 1. The molecule has 4 rings (SSSR count). The van der Waals surface area contributed by atoms with Crippen LogP contribution in [-0.4, -0.2) is 38.7 Å². The Morgan fingerprint density at radius 2 is 1.96 bits per heavy atom. The number of nitrogens with zero attached hydrogens (tertiary/aromatic N) is 3. The summed E-state index contributed by atoms with van der Waals surface area (Å²) in [5.74, 6) is 0.638. The summed E-state index contributed by atoms with van der Waals surface area (Å²) in [5.41, 5.74) is 4.11. The van der Waals surface area contributed by atoms with Crippen LogP contribution < -0.4 is 4.74 Å². The van der Waals surface area contributed by atoms with Crippen LogP contribution in [0.25, 0.3) is 11.4 Å². The van der Waals surface area contributed by atoms with E-state index in [1.165, 1.54) is 7.11 Å². The standard InChI is InChI=1S/C21H21N3O3/c1-27-19-10-14(9-18(25)20(19)26)12-24-8-7-17-16(13-24)11-22-21(23-17)15-5-3-2-4-6-15/h2-6,9-11,25-26H,7-8,12-13H2,1H3. The smallest absolute Gasteiger partial charge is 0.200 e. The van der Waals surface area contributed by atoms with Gasteiger partial charge in [-0.3, -0.25) is 4.90 Å². The first-order valence-corrected chi connectivity index (χ1v) is 8.85. The number of phenolic OH excluding ortho intramolecular Hbond substituents is 2. The molecule has 138 valence electrons. The summed E-state index contributed by atoms with van der Waals surface area (Å²) in [7, 11) is 1.47. The zero-order chi connectivity index (χ0) is 18.8. The Morgan fingerprint density at radius 3 is 2.74 bits per heavy atom. The summed E-state index contributed by atoms with van der Waals surface area (Å²) in [6.45, 7) is 2.25. The zero-order valence-corrected chi connectivity index (χ0v) is 15.1. The number of fused-ring (bicyclic) bond motifs is 1. The second kappa shape index (κ2) is 7.25. The quantitative estimate of drug-likeness (QED) is 0.694. The topological polar surface area (TPSA) is 78.7 Å². The van der Waals surface area contributed by atoms with Crippen molar-refractivity contribution in [1.82, 2.24) is 14.9 Å². The third kappa shape index (κ3) is 3.57.